The van der Waals surface area contributed by atoms with E-state index in [4.69, 9.17) is 0 Å². The molecule has 0 spiro atoms. The van der Waals surface area contributed by atoms with Crippen molar-refractivity contribution in [2.45, 2.75) is 38.1 Å². The van der Waals surface area contributed by atoms with Gasteiger partial charge in [0.1, 0.15) is 5.82 Å². The van der Waals surface area contributed by atoms with Gasteiger partial charge in [0.2, 0.25) is 5.91 Å². The van der Waals surface area contributed by atoms with Crippen LogP contribution in [0.25, 0.3) is 0 Å². The van der Waals surface area contributed by atoms with Crippen molar-refractivity contribution in [3.8, 4) is 0 Å². The highest BCUT2D eigenvalue weighted by molar-refractivity contribution is 5.85. The van der Waals surface area contributed by atoms with Crippen LogP contribution in [0, 0.1) is 11.7 Å². The zero-order valence-electron chi connectivity index (χ0n) is 12.4. The quantitative estimate of drug-likeness (QED) is 0.846. The number of benzene rings is 1. The summed E-state index contributed by atoms with van der Waals surface area (Å²) in [4.78, 5) is 12.0. The first-order valence-corrected chi connectivity index (χ1v) is 7.40. The Labute approximate surface area is 132 Å². The van der Waals surface area contributed by atoms with Crippen LogP contribution < -0.4 is 10.6 Å². The zero-order valence-corrected chi connectivity index (χ0v) is 13.2. The van der Waals surface area contributed by atoms with Crippen LogP contribution in [0.1, 0.15) is 43.7 Å². The predicted molar refractivity (Wildman–Crippen MR) is 85.0 cm³/mol. The molecule has 1 amide bonds. The van der Waals surface area contributed by atoms with E-state index in [2.05, 4.69) is 10.6 Å². The van der Waals surface area contributed by atoms with E-state index in [9.17, 15) is 9.18 Å². The lowest BCUT2D eigenvalue weighted by molar-refractivity contribution is -0.122. The Bertz CT molecular complexity index is 450. The highest BCUT2D eigenvalue weighted by Gasteiger charge is 2.27. The minimum Gasteiger partial charge on any atom is -0.349 e. The van der Waals surface area contributed by atoms with Gasteiger partial charge in [0.05, 0.1) is 6.04 Å². The smallest absolute Gasteiger partial charge is 0.221 e. The summed E-state index contributed by atoms with van der Waals surface area (Å²) >= 11 is 0. The van der Waals surface area contributed by atoms with E-state index in [1.165, 1.54) is 18.9 Å². The lowest BCUT2D eigenvalue weighted by Crippen LogP contribution is -2.34. The van der Waals surface area contributed by atoms with E-state index in [1.54, 1.807) is 12.1 Å². The molecule has 1 saturated carbocycles. The van der Waals surface area contributed by atoms with Crippen LogP contribution >= 0.6 is 12.4 Å². The first kappa shape index (κ1) is 17.9. The van der Waals surface area contributed by atoms with Gasteiger partial charge in [-0.3, -0.25) is 4.79 Å². The van der Waals surface area contributed by atoms with Crippen molar-refractivity contribution in [2.75, 3.05) is 13.6 Å². The SMILES string of the molecule is CNCCC(=O)NC(c1cccc(F)c1)C1CCCC1.Cl. The van der Waals surface area contributed by atoms with Crippen molar-refractivity contribution in [3.63, 3.8) is 0 Å². The number of halogens is 2. The van der Waals surface area contributed by atoms with Crippen molar-refractivity contribution in [1.29, 1.82) is 0 Å². The predicted octanol–water partition coefficient (Wildman–Crippen LogP) is 3.20. The summed E-state index contributed by atoms with van der Waals surface area (Å²) in [7, 11) is 1.83. The van der Waals surface area contributed by atoms with Gasteiger partial charge in [-0.05, 0) is 43.5 Å². The summed E-state index contributed by atoms with van der Waals surface area (Å²) in [5.74, 6) is 0.214. The van der Waals surface area contributed by atoms with Crippen LogP contribution in [0.3, 0.4) is 0 Å². The Morgan fingerprint density at radius 2 is 2.10 bits per heavy atom. The van der Waals surface area contributed by atoms with Gasteiger partial charge >= 0.3 is 0 Å². The number of rotatable bonds is 6. The minimum atomic E-state index is -0.241. The first-order valence-electron chi connectivity index (χ1n) is 7.40. The van der Waals surface area contributed by atoms with E-state index in [0.29, 0.717) is 18.9 Å². The molecule has 0 aliphatic heterocycles. The maximum atomic E-state index is 13.4. The number of hydrogen-bond acceptors (Lipinski definition) is 2. The second-order valence-corrected chi connectivity index (χ2v) is 5.50. The monoisotopic (exact) mass is 314 g/mol. The van der Waals surface area contributed by atoms with Crippen LogP contribution in [0.15, 0.2) is 24.3 Å². The van der Waals surface area contributed by atoms with E-state index in [1.807, 2.05) is 13.1 Å². The van der Waals surface area contributed by atoms with Crippen LogP contribution in [0.4, 0.5) is 4.39 Å². The number of carbonyl (C=O) groups excluding carboxylic acids is 1. The van der Waals surface area contributed by atoms with Gasteiger partial charge in [-0.2, -0.15) is 0 Å². The van der Waals surface area contributed by atoms with Gasteiger partial charge in [-0.15, -0.1) is 12.4 Å². The fraction of sp³-hybridized carbons (Fsp3) is 0.562. The molecule has 0 aromatic heterocycles. The van der Waals surface area contributed by atoms with Crippen LogP contribution in [0.5, 0.6) is 0 Å². The molecule has 0 bridgehead atoms. The largest absolute Gasteiger partial charge is 0.349 e. The maximum absolute atomic E-state index is 13.4. The van der Waals surface area contributed by atoms with Gasteiger partial charge < -0.3 is 10.6 Å². The molecule has 118 valence electrons. The molecule has 1 aromatic carbocycles. The number of amides is 1. The molecule has 0 radical (unpaired) electrons. The summed E-state index contributed by atoms with van der Waals surface area (Å²) in [6.07, 6.45) is 5.06. The van der Waals surface area contributed by atoms with Gasteiger partial charge in [-0.1, -0.05) is 25.0 Å². The van der Waals surface area contributed by atoms with E-state index >= 15 is 0 Å². The number of carbonyl (C=O) groups is 1. The third-order valence-corrected chi connectivity index (χ3v) is 4.00. The summed E-state index contributed by atoms with van der Waals surface area (Å²) in [6, 6.07) is 6.55. The molecule has 0 saturated heterocycles. The second-order valence-electron chi connectivity index (χ2n) is 5.50. The maximum Gasteiger partial charge on any atom is 0.221 e. The van der Waals surface area contributed by atoms with Gasteiger partial charge in [0, 0.05) is 13.0 Å². The van der Waals surface area contributed by atoms with Crippen molar-refractivity contribution in [1.82, 2.24) is 10.6 Å². The molecule has 1 aromatic rings. The van der Waals surface area contributed by atoms with E-state index < -0.39 is 0 Å². The molecule has 0 heterocycles. The van der Waals surface area contributed by atoms with Crippen molar-refractivity contribution in [2.24, 2.45) is 5.92 Å². The number of nitrogens with one attached hydrogen (secondary N) is 2. The Balaban J connectivity index is 0.00000220. The first-order chi connectivity index (χ1) is 9.70. The lowest BCUT2D eigenvalue weighted by Gasteiger charge is -2.25. The summed E-state index contributed by atoms with van der Waals surface area (Å²) < 4.78 is 13.4. The third-order valence-electron chi connectivity index (χ3n) is 4.00. The fourth-order valence-corrected chi connectivity index (χ4v) is 2.95. The summed E-state index contributed by atoms with van der Waals surface area (Å²) in [5, 5.41) is 6.06. The Morgan fingerprint density at radius 1 is 1.38 bits per heavy atom. The molecule has 2 N–H and O–H groups in total. The highest BCUT2D eigenvalue weighted by atomic mass is 35.5. The zero-order chi connectivity index (χ0) is 14.4. The molecular formula is C16H24ClFN2O. The fourth-order valence-electron chi connectivity index (χ4n) is 2.95. The van der Waals surface area contributed by atoms with Crippen molar-refractivity contribution >= 4 is 18.3 Å². The average molecular weight is 315 g/mol. The summed E-state index contributed by atoms with van der Waals surface area (Å²) in [6.45, 7) is 0.659. The Kier molecular flexibility index (Phi) is 7.68. The van der Waals surface area contributed by atoms with Crippen LogP contribution in [0.2, 0.25) is 0 Å². The molecule has 3 nitrogen and oxygen atoms in total. The molecule has 1 atom stereocenters. The minimum absolute atomic E-state index is 0. The Hall–Kier alpha value is -1.13. The number of hydrogen-bond donors (Lipinski definition) is 2. The van der Waals surface area contributed by atoms with Gasteiger partial charge in [-0.25, -0.2) is 4.39 Å². The van der Waals surface area contributed by atoms with Gasteiger partial charge in [0.25, 0.3) is 0 Å². The van der Waals surface area contributed by atoms with Crippen LogP contribution in [-0.2, 0) is 4.79 Å². The summed E-state index contributed by atoms with van der Waals surface area (Å²) in [5.41, 5.74) is 0.884. The standard InChI is InChI=1S/C16H23FN2O.ClH/c1-18-10-9-15(20)19-16(12-5-2-3-6-12)13-7-4-8-14(17)11-13;/h4,7-8,11-12,16,18H,2-3,5-6,9-10H2,1H3,(H,19,20);1H. The molecule has 21 heavy (non-hydrogen) atoms. The van der Waals surface area contributed by atoms with Crippen molar-refractivity contribution < 1.29 is 9.18 Å². The second kappa shape index (κ2) is 9.00. The topological polar surface area (TPSA) is 41.1 Å². The van der Waals surface area contributed by atoms with E-state index in [-0.39, 0.29) is 30.2 Å². The normalized spacial score (nSPS) is 16.3. The third kappa shape index (κ3) is 5.29. The molecule has 1 fully saturated rings. The van der Waals surface area contributed by atoms with Crippen molar-refractivity contribution in [3.05, 3.63) is 35.6 Å². The molecule has 5 heteroatoms. The molecule has 1 aliphatic carbocycles. The lowest BCUT2D eigenvalue weighted by atomic mass is 9.91. The average Bonchev–Trinajstić information content (AvgIpc) is 2.96. The highest BCUT2D eigenvalue weighted by Crippen LogP contribution is 2.35. The van der Waals surface area contributed by atoms with Gasteiger partial charge in [0.15, 0.2) is 0 Å². The molecule has 1 aliphatic rings. The Morgan fingerprint density at radius 3 is 2.71 bits per heavy atom. The van der Waals surface area contributed by atoms with Crippen LogP contribution in [-0.4, -0.2) is 19.5 Å². The molecule has 1 unspecified atom stereocenters. The molecular weight excluding hydrogens is 291 g/mol. The van der Waals surface area contributed by atoms with E-state index in [0.717, 1.165) is 18.4 Å². The molecule has 2 rings (SSSR count).